The fourth-order valence-corrected chi connectivity index (χ4v) is 1.90. The lowest BCUT2D eigenvalue weighted by Gasteiger charge is -2.38. The maximum absolute atomic E-state index is 13.0. The van der Waals surface area contributed by atoms with Gasteiger partial charge in [-0.1, -0.05) is 6.92 Å². The molecule has 82 valence electrons. The first-order valence-electron chi connectivity index (χ1n) is 4.93. The maximum Gasteiger partial charge on any atom is 0.128 e. The van der Waals surface area contributed by atoms with E-state index in [1.165, 1.54) is 18.2 Å². The van der Waals surface area contributed by atoms with Gasteiger partial charge < -0.3 is 15.6 Å². The molecule has 0 bridgehead atoms. The summed E-state index contributed by atoms with van der Waals surface area (Å²) in [4.78, 5) is 0. The first-order valence-corrected chi connectivity index (χ1v) is 4.93. The van der Waals surface area contributed by atoms with Gasteiger partial charge in [-0.2, -0.15) is 0 Å². The fourth-order valence-electron chi connectivity index (χ4n) is 1.90. The van der Waals surface area contributed by atoms with Crippen molar-refractivity contribution >= 4 is 0 Å². The molecule has 0 radical (unpaired) electrons. The molecule has 0 amide bonds. The first-order chi connectivity index (χ1) is 7.08. The molecule has 0 spiro atoms. The SMILES string of the molecule is CC1COc2cc(F)ccc2C1(O)CN. The van der Waals surface area contributed by atoms with E-state index in [9.17, 15) is 9.50 Å². The maximum atomic E-state index is 13.0. The Hall–Kier alpha value is -1.13. The summed E-state index contributed by atoms with van der Waals surface area (Å²) in [5, 5.41) is 10.4. The van der Waals surface area contributed by atoms with Gasteiger partial charge in [0, 0.05) is 24.1 Å². The van der Waals surface area contributed by atoms with E-state index in [4.69, 9.17) is 10.5 Å². The van der Waals surface area contributed by atoms with Crippen molar-refractivity contribution in [1.82, 2.24) is 0 Å². The summed E-state index contributed by atoms with van der Waals surface area (Å²) in [5.74, 6) is -0.0795. The Morgan fingerprint density at radius 1 is 1.67 bits per heavy atom. The van der Waals surface area contributed by atoms with Crippen LogP contribution in [0.25, 0.3) is 0 Å². The van der Waals surface area contributed by atoms with Crippen LogP contribution in [0.1, 0.15) is 12.5 Å². The number of benzene rings is 1. The number of halogens is 1. The molecule has 3 nitrogen and oxygen atoms in total. The first kappa shape index (κ1) is 10.4. The molecular weight excluding hydrogens is 197 g/mol. The third kappa shape index (κ3) is 1.50. The number of aliphatic hydroxyl groups is 1. The summed E-state index contributed by atoms with van der Waals surface area (Å²) in [6.07, 6.45) is 0. The highest BCUT2D eigenvalue weighted by atomic mass is 19.1. The molecule has 2 unspecified atom stereocenters. The van der Waals surface area contributed by atoms with E-state index in [1.807, 2.05) is 6.92 Å². The van der Waals surface area contributed by atoms with Crippen molar-refractivity contribution in [2.45, 2.75) is 12.5 Å². The molecule has 2 rings (SSSR count). The second-order valence-corrected chi connectivity index (χ2v) is 3.98. The highest BCUT2D eigenvalue weighted by Gasteiger charge is 2.40. The summed E-state index contributed by atoms with van der Waals surface area (Å²) >= 11 is 0. The zero-order valence-electron chi connectivity index (χ0n) is 8.53. The van der Waals surface area contributed by atoms with E-state index in [0.29, 0.717) is 17.9 Å². The van der Waals surface area contributed by atoms with Crippen LogP contribution in [0.4, 0.5) is 4.39 Å². The predicted molar refractivity (Wildman–Crippen MR) is 54.0 cm³/mol. The Balaban J connectivity index is 2.53. The van der Waals surface area contributed by atoms with E-state index in [-0.39, 0.29) is 18.3 Å². The molecular formula is C11H14FNO2. The van der Waals surface area contributed by atoms with E-state index < -0.39 is 5.60 Å². The zero-order chi connectivity index (χ0) is 11.1. The molecule has 2 atom stereocenters. The normalized spacial score (nSPS) is 29.5. The molecule has 0 aromatic heterocycles. The molecule has 15 heavy (non-hydrogen) atoms. The minimum atomic E-state index is -1.11. The number of ether oxygens (including phenoxy) is 1. The Kier molecular flexibility index (Phi) is 2.40. The molecule has 3 N–H and O–H groups in total. The van der Waals surface area contributed by atoms with Crippen LogP contribution in [0, 0.1) is 11.7 Å². The Morgan fingerprint density at radius 3 is 3.07 bits per heavy atom. The average molecular weight is 211 g/mol. The van der Waals surface area contributed by atoms with Crippen LogP contribution in [0.3, 0.4) is 0 Å². The fraction of sp³-hybridized carbons (Fsp3) is 0.455. The van der Waals surface area contributed by atoms with Crippen LogP contribution in [0.2, 0.25) is 0 Å². The smallest absolute Gasteiger partial charge is 0.128 e. The van der Waals surface area contributed by atoms with Crippen LogP contribution >= 0.6 is 0 Å². The van der Waals surface area contributed by atoms with Crippen molar-refractivity contribution in [1.29, 1.82) is 0 Å². The summed E-state index contributed by atoms with van der Waals surface area (Å²) in [7, 11) is 0. The van der Waals surface area contributed by atoms with Gasteiger partial charge in [0.15, 0.2) is 0 Å². The summed E-state index contributed by atoms with van der Waals surface area (Å²) in [5.41, 5.74) is 5.05. The number of rotatable bonds is 1. The lowest BCUT2D eigenvalue weighted by Crippen LogP contribution is -2.46. The number of nitrogens with two attached hydrogens (primary N) is 1. The van der Waals surface area contributed by atoms with Gasteiger partial charge in [0.2, 0.25) is 0 Å². The van der Waals surface area contributed by atoms with Gasteiger partial charge in [0.05, 0.1) is 6.61 Å². The van der Waals surface area contributed by atoms with Gasteiger partial charge in [-0.15, -0.1) is 0 Å². The van der Waals surface area contributed by atoms with Crippen molar-refractivity contribution in [3.63, 3.8) is 0 Å². The lowest BCUT2D eigenvalue weighted by atomic mass is 9.80. The minimum Gasteiger partial charge on any atom is -0.493 e. The number of fused-ring (bicyclic) bond motifs is 1. The second-order valence-electron chi connectivity index (χ2n) is 3.98. The minimum absolute atomic E-state index is 0.0968. The molecule has 0 saturated heterocycles. The van der Waals surface area contributed by atoms with Gasteiger partial charge >= 0.3 is 0 Å². The van der Waals surface area contributed by atoms with Crippen molar-refractivity contribution in [2.24, 2.45) is 11.7 Å². The Labute approximate surface area is 87.7 Å². The van der Waals surface area contributed by atoms with Crippen LogP contribution in [0.15, 0.2) is 18.2 Å². The van der Waals surface area contributed by atoms with E-state index in [2.05, 4.69) is 0 Å². The van der Waals surface area contributed by atoms with Crippen molar-refractivity contribution in [3.05, 3.63) is 29.6 Å². The van der Waals surface area contributed by atoms with Crippen molar-refractivity contribution in [3.8, 4) is 5.75 Å². The zero-order valence-corrected chi connectivity index (χ0v) is 8.53. The monoisotopic (exact) mass is 211 g/mol. The van der Waals surface area contributed by atoms with E-state index in [0.717, 1.165) is 0 Å². The van der Waals surface area contributed by atoms with Gasteiger partial charge in [0.1, 0.15) is 17.2 Å². The van der Waals surface area contributed by atoms with Gasteiger partial charge in [-0.25, -0.2) is 4.39 Å². The third-order valence-corrected chi connectivity index (χ3v) is 3.03. The highest BCUT2D eigenvalue weighted by Crippen LogP contribution is 2.39. The summed E-state index contributed by atoms with van der Waals surface area (Å²) in [6.45, 7) is 2.32. The Bertz CT molecular complexity index is 383. The third-order valence-electron chi connectivity index (χ3n) is 3.03. The highest BCUT2D eigenvalue weighted by molar-refractivity contribution is 5.41. The van der Waals surface area contributed by atoms with Crippen LogP contribution in [-0.4, -0.2) is 18.3 Å². The number of hydrogen-bond donors (Lipinski definition) is 2. The van der Waals surface area contributed by atoms with Crippen LogP contribution < -0.4 is 10.5 Å². The summed E-state index contributed by atoms with van der Waals surface area (Å²) < 4.78 is 18.3. The van der Waals surface area contributed by atoms with Gasteiger partial charge in [-0.05, 0) is 12.1 Å². The van der Waals surface area contributed by atoms with E-state index >= 15 is 0 Å². The average Bonchev–Trinajstić information content (AvgIpc) is 2.23. The number of hydrogen-bond acceptors (Lipinski definition) is 3. The summed E-state index contributed by atoms with van der Waals surface area (Å²) in [6, 6.07) is 4.12. The standard InChI is InChI=1S/C11H14FNO2/c1-7-5-15-10-4-8(12)2-3-9(10)11(7,14)6-13/h2-4,7,14H,5-6,13H2,1H3. The van der Waals surface area contributed by atoms with Crippen molar-refractivity contribution < 1.29 is 14.2 Å². The van der Waals surface area contributed by atoms with Gasteiger partial charge in [0.25, 0.3) is 0 Å². The largest absolute Gasteiger partial charge is 0.493 e. The van der Waals surface area contributed by atoms with Crippen LogP contribution in [0.5, 0.6) is 5.75 Å². The van der Waals surface area contributed by atoms with Gasteiger partial charge in [-0.3, -0.25) is 0 Å². The molecule has 4 heteroatoms. The van der Waals surface area contributed by atoms with Crippen LogP contribution in [-0.2, 0) is 5.60 Å². The lowest BCUT2D eigenvalue weighted by molar-refractivity contribution is -0.0436. The molecule has 0 saturated carbocycles. The topological polar surface area (TPSA) is 55.5 Å². The predicted octanol–water partition coefficient (Wildman–Crippen LogP) is 1.00. The molecule has 1 aromatic carbocycles. The molecule has 1 heterocycles. The van der Waals surface area contributed by atoms with Crippen molar-refractivity contribution in [2.75, 3.05) is 13.2 Å². The molecule has 0 aliphatic carbocycles. The van der Waals surface area contributed by atoms with E-state index in [1.54, 1.807) is 0 Å². The molecule has 1 aliphatic rings. The second kappa shape index (κ2) is 3.47. The molecule has 0 fully saturated rings. The molecule has 1 aromatic rings. The molecule has 1 aliphatic heterocycles. The quantitative estimate of drug-likeness (QED) is 0.728. The Morgan fingerprint density at radius 2 is 2.40 bits per heavy atom.